The lowest BCUT2D eigenvalue weighted by Gasteiger charge is -2.04. The Morgan fingerprint density at radius 2 is 2.08 bits per heavy atom. The Morgan fingerprint density at radius 3 is 2.69 bits per heavy atom. The largest absolute Gasteiger partial charge is 0.356 e. The lowest BCUT2D eigenvalue weighted by Crippen LogP contribution is -2.27. The van der Waals surface area contributed by atoms with Gasteiger partial charge in [0.15, 0.2) is 0 Å². The van der Waals surface area contributed by atoms with Crippen LogP contribution >= 0.6 is 15.9 Å². The van der Waals surface area contributed by atoms with E-state index in [-0.39, 0.29) is 0 Å². The second-order valence-electron chi connectivity index (χ2n) is 4.12. The molecule has 0 aromatic carbocycles. The number of alkyl halides is 1. The molecule has 2 saturated carbocycles. The first-order chi connectivity index (χ1) is 6.34. The van der Waals surface area contributed by atoms with Crippen LogP contribution in [0, 0.1) is 17.8 Å². The fraction of sp³-hybridized carbons (Fsp3) is 0.900. The first-order valence-electron chi connectivity index (χ1n) is 5.18. The number of amides is 1. The minimum atomic E-state index is 0.315. The van der Waals surface area contributed by atoms with E-state index in [1.807, 2.05) is 0 Å². The van der Waals surface area contributed by atoms with Crippen molar-refractivity contribution in [3.05, 3.63) is 0 Å². The molecule has 0 heterocycles. The Labute approximate surface area is 87.6 Å². The van der Waals surface area contributed by atoms with Gasteiger partial charge in [-0.25, -0.2) is 0 Å². The zero-order valence-electron chi connectivity index (χ0n) is 7.76. The molecule has 13 heavy (non-hydrogen) atoms. The number of hydrogen-bond acceptors (Lipinski definition) is 1. The summed E-state index contributed by atoms with van der Waals surface area (Å²) in [6.45, 7) is 0.833. The lowest BCUT2D eigenvalue weighted by molar-refractivity contribution is -0.123. The second kappa shape index (κ2) is 3.99. The van der Waals surface area contributed by atoms with Crippen LogP contribution < -0.4 is 5.32 Å². The summed E-state index contributed by atoms with van der Waals surface area (Å²) in [6, 6.07) is 0. The van der Waals surface area contributed by atoms with E-state index in [2.05, 4.69) is 21.2 Å². The molecule has 0 bridgehead atoms. The van der Waals surface area contributed by atoms with Gasteiger partial charge in [-0.3, -0.25) is 4.79 Å². The molecule has 1 N–H and O–H groups in total. The predicted octanol–water partition coefficient (Wildman–Crippen LogP) is 1.93. The Kier molecular flexibility index (Phi) is 2.92. The average molecular weight is 246 g/mol. The van der Waals surface area contributed by atoms with E-state index in [4.69, 9.17) is 0 Å². The third-order valence-corrected chi connectivity index (χ3v) is 3.88. The Hall–Kier alpha value is -0.0500. The Bertz CT molecular complexity index is 197. The number of carbonyl (C=O) groups is 1. The lowest BCUT2D eigenvalue weighted by atomic mass is 10.1. The van der Waals surface area contributed by atoms with Crippen LogP contribution in [-0.2, 0) is 4.79 Å². The van der Waals surface area contributed by atoms with Gasteiger partial charge in [0.25, 0.3) is 0 Å². The van der Waals surface area contributed by atoms with E-state index >= 15 is 0 Å². The van der Waals surface area contributed by atoms with Crippen molar-refractivity contribution < 1.29 is 4.79 Å². The minimum absolute atomic E-state index is 0.315. The molecule has 2 atom stereocenters. The maximum Gasteiger partial charge on any atom is 0.223 e. The van der Waals surface area contributed by atoms with Gasteiger partial charge in [-0.15, -0.1) is 0 Å². The van der Waals surface area contributed by atoms with Crippen LogP contribution in [0.5, 0.6) is 0 Å². The molecule has 2 unspecified atom stereocenters. The molecule has 3 heteroatoms. The van der Waals surface area contributed by atoms with Crippen molar-refractivity contribution in [1.82, 2.24) is 5.32 Å². The summed E-state index contributed by atoms with van der Waals surface area (Å²) >= 11 is 3.35. The van der Waals surface area contributed by atoms with Gasteiger partial charge in [0.1, 0.15) is 0 Å². The van der Waals surface area contributed by atoms with Gasteiger partial charge >= 0.3 is 0 Å². The Balaban J connectivity index is 1.68. The third kappa shape index (κ3) is 1.90. The predicted molar refractivity (Wildman–Crippen MR) is 55.7 cm³/mol. The van der Waals surface area contributed by atoms with Crippen LogP contribution in [0.4, 0.5) is 0 Å². The van der Waals surface area contributed by atoms with Crippen LogP contribution in [0.2, 0.25) is 0 Å². The summed E-state index contributed by atoms with van der Waals surface area (Å²) in [5, 5.41) is 3.98. The highest BCUT2D eigenvalue weighted by atomic mass is 79.9. The topological polar surface area (TPSA) is 29.1 Å². The van der Waals surface area contributed by atoms with Gasteiger partial charge < -0.3 is 5.32 Å². The van der Waals surface area contributed by atoms with Gasteiger partial charge in [0.2, 0.25) is 5.91 Å². The molecule has 2 aliphatic rings. The fourth-order valence-corrected chi connectivity index (χ4v) is 2.89. The third-order valence-electron chi connectivity index (χ3n) is 3.32. The molecule has 2 rings (SSSR count). The molecule has 0 saturated heterocycles. The maximum atomic E-state index is 11.6. The highest BCUT2D eigenvalue weighted by molar-refractivity contribution is 9.09. The summed E-state index contributed by atoms with van der Waals surface area (Å²) in [5.74, 6) is 2.22. The molecule has 2 fully saturated rings. The van der Waals surface area contributed by atoms with Gasteiger partial charge in [0, 0.05) is 17.8 Å². The number of hydrogen-bond donors (Lipinski definition) is 1. The molecular formula is C10H16BrNO. The fourth-order valence-electron chi connectivity index (χ4n) is 2.61. The molecule has 0 aromatic rings. The number of carbonyl (C=O) groups excluding carboxylic acids is 1. The van der Waals surface area contributed by atoms with Crippen molar-refractivity contribution in [2.45, 2.75) is 25.7 Å². The zero-order valence-corrected chi connectivity index (χ0v) is 9.35. The molecule has 74 valence electrons. The van der Waals surface area contributed by atoms with Crippen LogP contribution in [0.15, 0.2) is 0 Å². The van der Waals surface area contributed by atoms with Crippen molar-refractivity contribution in [3.63, 3.8) is 0 Å². The van der Waals surface area contributed by atoms with Gasteiger partial charge in [-0.2, -0.15) is 0 Å². The monoisotopic (exact) mass is 245 g/mol. The van der Waals surface area contributed by atoms with E-state index in [0.29, 0.717) is 11.8 Å². The van der Waals surface area contributed by atoms with E-state index in [1.54, 1.807) is 0 Å². The van der Waals surface area contributed by atoms with E-state index in [9.17, 15) is 4.79 Å². The number of fused-ring (bicyclic) bond motifs is 1. The number of rotatable bonds is 4. The van der Waals surface area contributed by atoms with Crippen molar-refractivity contribution in [2.24, 2.45) is 17.8 Å². The average Bonchev–Trinajstić information content (AvgIpc) is 2.61. The maximum absolute atomic E-state index is 11.6. The van der Waals surface area contributed by atoms with Crippen LogP contribution in [0.25, 0.3) is 0 Å². The minimum Gasteiger partial charge on any atom is -0.356 e. The standard InChI is InChI=1S/C10H16BrNO/c11-5-2-6-12-10(13)9-7-3-1-4-8(7)9/h7-9H,1-6H2,(H,12,13). The molecular weight excluding hydrogens is 230 g/mol. The van der Waals surface area contributed by atoms with E-state index in [0.717, 1.165) is 30.1 Å². The first kappa shape index (κ1) is 9.50. The van der Waals surface area contributed by atoms with Crippen molar-refractivity contribution in [2.75, 3.05) is 11.9 Å². The second-order valence-corrected chi connectivity index (χ2v) is 4.91. The summed E-state index contributed by atoms with van der Waals surface area (Å²) in [6.07, 6.45) is 4.97. The van der Waals surface area contributed by atoms with Crippen LogP contribution in [0.1, 0.15) is 25.7 Å². The van der Waals surface area contributed by atoms with E-state index < -0.39 is 0 Å². The highest BCUT2D eigenvalue weighted by Crippen LogP contribution is 2.57. The summed E-state index contributed by atoms with van der Waals surface area (Å²) in [7, 11) is 0. The number of nitrogens with one attached hydrogen (secondary N) is 1. The summed E-state index contributed by atoms with van der Waals surface area (Å²) < 4.78 is 0. The Morgan fingerprint density at radius 1 is 1.38 bits per heavy atom. The van der Waals surface area contributed by atoms with E-state index in [1.165, 1.54) is 19.3 Å². The van der Waals surface area contributed by atoms with Crippen LogP contribution in [-0.4, -0.2) is 17.8 Å². The SMILES string of the molecule is O=C(NCCCBr)C1C2CCCC21. The van der Waals surface area contributed by atoms with Crippen molar-refractivity contribution >= 4 is 21.8 Å². The molecule has 0 radical (unpaired) electrons. The van der Waals surface area contributed by atoms with Crippen LogP contribution in [0.3, 0.4) is 0 Å². The van der Waals surface area contributed by atoms with Gasteiger partial charge in [0.05, 0.1) is 0 Å². The van der Waals surface area contributed by atoms with Crippen molar-refractivity contribution in [1.29, 1.82) is 0 Å². The van der Waals surface area contributed by atoms with Gasteiger partial charge in [-0.1, -0.05) is 22.4 Å². The van der Waals surface area contributed by atoms with Crippen molar-refractivity contribution in [3.8, 4) is 0 Å². The summed E-state index contributed by atoms with van der Waals surface area (Å²) in [5.41, 5.74) is 0. The summed E-state index contributed by atoms with van der Waals surface area (Å²) in [4.78, 5) is 11.6. The quantitative estimate of drug-likeness (QED) is 0.596. The highest BCUT2D eigenvalue weighted by Gasteiger charge is 2.56. The molecule has 1 amide bonds. The normalized spacial score (nSPS) is 35.6. The molecule has 0 aliphatic heterocycles. The number of halogens is 1. The zero-order chi connectivity index (χ0) is 9.26. The first-order valence-corrected chi connectivity index (χ1v) is 6.30. The smallest absolute Gasteiger partial charge is 0.223 e. The molecule has 0 spiro atoms. The molecule has 0 aromatic heterocycles. The molecule has 2 nitrogen and oxygen atoms in total. The molecule has 2 aliphatic carbocycles. The van der Waals surface area contributed by atoms with Gasteiger partial charge in [-0.05, 0) is 31.1 Å².